The normalized spacial score (nSPS) is 9.83. The molecule has 0 aliphatic heterocycles. The zero-order valence-corrected chi connectivity index (χ0v) is 7.20. The van der Waals surface area contributed by atoms with Gasteiger partial charge in [-0.15, -0.1) is 0 Å². The number of hydrogen-bond acceptors (Lipinski definition) is 3. The summed E-state index contributed by atoms with van der Waals surface area (Å²) in [5.74, 6) is 1.11. The first-order valence-electron chi connectivity index (χ1n) is 3.65. The number of anilines is 1. The van der Waals surface area contributed by atoms with Gasteiger partial charge in [0, 0.05) is 13.1 Å². The van der Waals surface area contributed by atoms with Gasteiger partial charge in [0.2, 0.25) is 5.91 Å². The molecule has 1 heterocycles. The zero-order valence-electron chi connectivity index (χ0n) is 7.20. The second-order valence-electron chi connectivity index (χ2n) is 2.71. The average molecular weight is 168 g/mol. The molecule has 12 heavy (non-hydrogen) atoms. The molecule has 0 aromatic carbocycles. The molecule has 0 saturated carbocycles. The summed E-state index contributed by atoms with van der Waals surface area (Å²) in [6.45, 7) is 2.02. The monoisotopic (exact) mass is 168 g/mol. The number of primary amides is 1. The number of furan rings is 1. The Kier molecular flexibility index (Phi) is 2.38. The van der Waals surface area contributed by atoms with Gasteiger partial charge in [-0.1, -0.05) is 0 Å². The predicted molar refractivity (Wildman–Crippen MR) is 45.9 cm³/mol. The van der Waals surface area contributed by atoms with E-state index in [2.05, 4.69) is 0 Å². The zero-order chi connectivity index (χ0) is 9.14. The summed E-state index contributed by atoms with van der Waals surface area (Å²) < 4.78 is 5.26. The van der Waals surface area contributed by atoms with Crippen LogP contribution < -0.4 is 10.6 Å². The van der Waals surface area contributed by atoms with Crippen molar-refractivity contribution >= 4 is 11.8 Å². The maximum atomic E-state index is 10.5. The summed E-state index contributed by atoms with van der Waals surface area (Å²) in [5, 5.41) is 0. The molecule has 0 bridgehead atoms. The Morgan fingerprint density at radius 2 is 2.33 bits per heavy atom. The maximum absolute atomic E-state index is 10.5. The van der Waals surface area contributed by atoms with E-state index in [1.807, 2.05) is 13.0 Å². The third-order valence-electron chi connectivity index (χ3n) is 1.50. The second-order valence-corrected chi connectivity index (χ2v) is 2.71. The highest BCUT2D eigenvalue weighted by atomic mass is 16.4. The number of nitrogens with two attached hydrogens (primary N) is 1. The van der Waals surface area contributed by atoms with E-state index >= 15 is 0 Å². The van der Waals surface area contributed by atoms with Gasteiger partial charge in [0.25, 0.3) is 0 Å². The lowest BCUT2D eigenvalue weighted by Crippen LogP contribution is -2.30. The Morgan fingerprint density at radius 1 is 1.67 bits per heavy atom. The lowest BCUT2D eigenvalue weighted by Gasteiger charge is -2.12. The summed E-state index contributed by atoms with van der Waals surface area (Å²) in [6.07, 6.45) is 0. The van der Waals surface area contributed by atoms with Gasteiger partial charge in [0.15, 0.2) is 5.88 Å². The Bertz CT molecular complexity index is 280. The van der Waals surface area contributed by atoms with Gasteiger partial charge >= 0.3 is 0 Å². The number of aryl methyl sites for hydroxylation is 1. The fourth-order valence-corrected chi connectivity index (χ4v) is 0.938. The summed E-state index contributed by atoms with van der Waals surface area (Å²) in [5.41, 5.74) is 5.02. The highest BCUT2D eigenvalue weighted by molar-refractivity contribution is 5.78. The third kappa shape index (κ3) is 2.02. The van der Waals surface area contributed by atoms with E-state index < -0.39 is 0 Å². The van der Waals surface area contributed by atoms with Crippen LogP contribution in [0, 0.1) is 6.92 Å². The topological polar surface area (TPSA) is 59.5 Å². The first-order valence-corrected chi connectivity index (χ1v) is 3.65. The number of amides is 1. The smallest absolute Gasteiger partial charge is 0.237 e. The van der Waals surface area contributed by atoms with Crippen LogP contribution in [0.3, 0.4) is 0 Å². The van der Waals surface area contributed by atoms with Crippen molar-refractivity contribution in [2.75, 3.05) is 18.5 Å². The lowest BCUT2D eigenvalue weighted by atomic mass is 10.5. The van der Waals surface area contributed by atoms with Crippen LogP contribution in [0.2, 0.25) is 0 Å². The SMILES string of the molecule is Cc1ccc(N(C)CC(N)=O)o1. The van der Waals surface area contributed by atoms with Gasteiger partial charge in [-0.05, 0) is 13.0 Å². The van der Waals surface area contributed by atoms with Crippen LogP contribution in [-0.2, 0) is 4.79 Å². The predicted octanol–water partition coefficient (Wildman–Crippen LogP) is 0.510. The molecule has 1 aromatic rings. The van der Waals surface area contributed by atoms with E-state index in [4.69, 9.17) is 10.2 Å². The molecule has 66 valence electrons. The molecular formula is C8H12N2O2. The second kappa shape index (κ2) is 3.30. The molecular weight excluding hydrogens is 156 g/mol. The van der Waals surface area contributed by atoms with Crippen LogP contribution in [0.15, 0.2) is 16.5 Å². The van der Waals surface area contributed by atoms with Gasteiger partial charge < -0.3 is 15.1 Å². The standard InChI is InChI=1S/C8H12N2O2/c1-6-3-4-8(12-6)10(2)5-7(9)11/h3-4H,5H2,1-2H3,(H2,9,11). The van der Waals surface area contributed by atoms with Crippen molar-refractivity contribution < 1.29 is 9.21 Å². The Labute approximate surface area is 70.9 Å². The van der Waals surface area contributed by atoms with Gasteiger partial charge in [0.05, 0.1) is 6.54 Å². The number of carbonyl (C=O) groups is 1. The number of nitrogens with zero attached hydrogens (tertiary/aromatic N) is 1. The Morgan fingerprint density at radius 3 is 2.75 bits per heavy atom. The molecule has 0 atom stereocenters. The van der Waals surface area contributed by atoms with Crippen LogP contribution in [0.5, 0.6) is 0 Å². The summed E-state index contributed by atoms with van der Waals surface area (Å²) in [6, 6.07) is 3.64. The molecule has 0 unspecified atom stereocenters. The lowest BCUT2D eigenvalue weighted by molar-refractivity contribution is -0.116. The maximum Gasteiger partial charge on any atom is 0.237 e. The minimum Gasteiger partial charge on any atom is -0.446 e. The van der Waals surface area contributed by atoms with Crippen LogP contribution in [0.4, 0.5) is 5.88 Å². The summed E-state index contributed by atoms with van der Waals surface area (Å²) in [4.78, 5) is 12.2. The van der Waals surface area contributed by atoms with E-state index in [1.165, 1.54) is 0 Å². The van der Waals surface area contributed by atoms with Crippen LogP contribution >= 0.6 is 0 Å². The quantitative estimate of drug-likeness (QED) is 0.715. The Hall–Kier alpha value is -1.45. The first kappa shape index (κ1) is 8.64. The van der Waals surface area contributed by atoms with E-state index in [9.17, 15) is 4.79 Å². The van der Waals surface area contributed by atoms with Gasteiger partial charge in [-0.2, -0.15) is 0 Å². The molecule has 4 heteroatoms. The van der Waals surface area contributed by atoms with E-state index in [0.717, 1.165) is 5.76 Å². The molecule has 1 aromatic heterocycles. The number of likely N-dealkylation sites (N-methyl/N-ethyl adjacent to an activating group) is 1. The minimum atomic E-state index is -0.369. The molecule has 0 radical (unpaired) electrons. The van der Waals surface area contributed by atoms with Gasteiger partial charge in [-0.3, -0.25) is 4.79 Å². The van der Waals surface area contributed by atoms with E-state index in [1.54, 1.807) is 18.0 Å². The van der Waals surface area contributed by atoms with Crippen LogP contribution in [0.25, 0.3) is 0 Å². The number of rotatable bonds is 3. The molecule has 1 amide bonds. The molecule has 4 nitrogen and oxygen atoms in total. The van der Waals surface area contributed by atoms with Crippen molar-refractivity contribution in [3.8, 4) is 0 Å². The fraction of sp³-hybridized carbons (Fsp3) is 0.375. The number of carbonyl (C=O) groups excluding carboxylic acids is 1. The molecule has 0 aliphatic carbocycles. The summed E-state index contributed by atoms with van der Waals surface area (Å²) in [7, 11) is 1.75. The van der Waals surface area contributed by atoms with Crippen LogP contribution in [0.1, 0.15) is 5.76 Å². The number of hydrogen-bond donors (Lipinski definition) is 1. The third-order valence-corrected chi connectivity index (χ3v) is 1.50. The largest absolute Gasteiger partial charge is 0.446 e. The van der Waals surface area contributed by atoms with Crippen molar-refractivity contribution in [3.05, 3.63) is 17.9 Å². The molecule has 2 N–H and O–H groups in total. The fourth-order valence-electron chi connectivity index (χ4n) is 0.938. The average Bonchev–Trinajstić information content (AvgIpc) is 2.34. The molecule has 0 spiro atoms. The highest BCUT2D eigenvalue weighted by Gasteiger charge is 2.06. The summed E-state index contributed by atoms with van der Waals surface area (Å²) >= 11 is 0. The van der Waals surface area contributed by atoms with E-state index in [-0.39, 0.29) is 12.5 Å². The van der Waals surface area contributed by atoms with Crippen molar-refractivity contribution in [1.82, 2.24) is 0 Å². The minimum absolute atomic E-state index is 0.174. The van der Waals surface area contributed by atoms with Crippen molar-refractivity contribution in [2.24, 2.45) is 5.73 Å². The van der Waals surface area contributed by atoms with Crippen molar-refractivity contribution in [2.45, 2.75) is 6.92 Å². The van der Waals surface area contributed by atoms with Gasteiger partial charge in [-0.25, -0.2) is 0 Å². The molecule has 0 fully saturated rings. The van der Waals surface area contributed by atoms with Crippen molar-refractivity contribution in [1.29, 1.82) is 0 Å². The highest BCUT2D eigenvalue weighted by Crippen LogP contribution is 2.15. The van der Waals surface area contributed by atoms with Crippen molar-refractivity contribution in [3.63, 3.8) is 0 Å². The van der Waals surface area contributed by atoms with Crippen LogP contribution in [-0.4, -0.2) is 19.5 Å². The van der Waals surface area contributed by atoms with E-state index in [0.29, 0.717) is 5.88 Å². The molecule has 1 rings (SSSR count). The van der Waals surface area contributed by atoms with Gasteiger partial charge in [0.1, 0.15) is 5.76 Å². The molecule has 0 aliphatic rings. The first-order chi connectivity index (χ1) is 5.59. The Balaban J connectivity index is 2.64. The molecule has 0 saturated heterocycles.